The molecule has 0 aliphatic heterocycles. The number of hydrogen-bond donors (Lipinski definition) is 2. The molecule has 20 heavy (non-hydrogen) atoms. The number of aliphatic imine (C=N–C) groups is 1. The highest BCUT2D eigenvalue weighted by Gasteiger charge is 2.24. The van der Waals surface area contributed by atoms with Crippen molar-refractivity contribution in [2.75, 3.05) is 19.8 Å². The summed E-state index contributed by atoms with van der Waals surface area (Å²) in [5.41, 5.74) is 0. The molecular weight excluding hydrogens is 385 g/mol. The van der Waals surface area contributed by atoms with Gasteiger partial charge in [0.25, 0.3) is 0 Å². The molecule has 2 N–H and O–H groups in total. The molecule has 0 amide bonds. The molecule has 1 aliphatic carbocycles. The minimum Gasteiger partial charge on any atom is -0.355 e. The van der Waals surface area contributed by atoms with Crippen LogP contribution >= 0.6 is 35.7 Å². The highest BCUT2D eigenvalue weighted by molar-refractivity contribution is 14.0. The molecule has 0 saturated heterocycles. The van der Waals surface area contributed by atoms with Gasteiger partial charge in [-0.05, 0) is 31.6 Å². The van der Waals surface area contributed by atoms with Gasteiger partial charge in [0.1, 0.15) is 0 Å². The Labute approximate surface area is 142 Å². The first-order valence-corrected chi connectivity index (χ1v) is 8.08. The molecule has 2 rings (SSSR count). The fourth-order valence-electron chi connectivity index (χ4n) is 2.39. The zero-order valence-electron chi connectivity index (χ0n) is 12.1. The zero-order valence-corrected chi connectivity index (χ0v) is 15.2. The van der Waals surface area contributed by atoms with Crippen LogP contribution in [-0.2, 0) is 6.54 Å². The largest absolute Gasteiger partial charge is 0.355 e. The van der Waals surface area contributed by atoms with Crippen molar-refractivity contribution in [3.05, 3.63) is 18.5 Å². The average Bonchev–Trinajstić information content (AvgIpc) is 3.08. The third-order valence-electron chi connectivity index (χ3n) is 3.47. The van der Waals surface area contributed by atoms with Gasteiger partial charge in [0.2, 0.25) is 0 Å². The molecule has 114 valence electrons. The van der Waals surface area contributed by atoms with E-state index >= 15 is 0 Å². The normalized spacial score (nSPS) is 22.4. The van der Waals surface area contributed by atoms with Gasteiger partial charge in [-0.15, -0.1) is 24.0 Å². The standard InChI is InChI=1S/C13H23N5S.HI/c1-14-13(15-7-9-18-8-3-6-16-18)17-11-4-5-12(10-11)19-2;/h3,6,8,11-12H,4-5,7,9-10H2,1-2H3,(H2,14,15,17);1H. The second kappa shape index (κ2) is 9.49. The number of halogens is 1. The second-order valence-corrected chi connectivity index (χ2v) is 5.92. The lowest BCUT2D eigenvalue weighted by atomic mass is 10.2. The number of nitrogens with one attached hydrogen (secondary N) is 2. The fourth-order valence-corrected chi connectivity index (χ4v) is 3.19. The molecule has 5 nitrogen and oxygen atoms in total. The second-order valence-electron chi connectivity index (χ2n) is 4.78. The summed E-state index contributed by atoms with van der Waals surface area (Å²) in [5, 5.41) is 11.8. The molecule has 0 radical (unpaired) electrons. The van der Waals surface area contributed by atoms with Crippen molar-refractivity contribution in [1.29, 1.82) is 0 Å². The van der Waals surface area contributed by atoms with Crippen LogP contribution in [0.2, 0.25) is 0 Å². The van der Waals surface area contributed by atoms with Gasteiger partial charge in [-0.3, -0.25) is 9.67 Å². The van der Waals surface area contributed by atoms with Gasteiger partial charge in [-0.25, -0.2) is 0 Å². The quantitative estimate of drug-likeness (QED) is 0.444. The van der Waals surface area contributed by atoms with Gasteiger partial charge in [0.05, 0.1) is 6.54 Å². The van der Waals surface area contributed by atoms with Crippen molar-refractivity contribution < 1.29 is 0 Å². The molecule has 2 atom stereocenters. The number of hydrogen-bond acceptors (Lipinski definition) is 3. The van der Waals surface area contributed by atoms with Crippen molar-refractivity contribution in [3.63, 3.8) is 0 Å². The predicted octanol–water partition coefficient (Wildman–Crippen LogP) is 1.95. The summed E-state index contributed by atoms with van der Waals surface area (Å²) in [6, 6.07) is 2.50. The van der Waals surface area contributed by atoms with Gasteiger partial charge >= 0.3 is 0 Å². The first-order valence-electron chi connectivity index (χ1n) is 6.79. The minimum absolute atomic E-state index is 0. The molecule has 0 aromatic carbocycles. The monoisotopic (exact) mass is 409 g/mol. The lowest BCUT2D eigenvalue weighted by molar-refractivity contribution is 0.579. The SMILES string of the molecule is CN=C(NCCn1cccn1)NC1CCC(SC)C1.I. The Morgan fingerprint density at radius 1 is 1.50 bits per heavy atom. The van der Waals surface area contributed by atoms with E-state index in [1.165, 1.54) is 19.3 Å². The number of guanidine groups is 1. The lowest BCUT2D eigenvalue weighted by Crippen LogP contribution is -2.43. The van der Waals surface area contributed by atoms with E-state index in [1.54, 1.807) is 6.20 Å². The summed E-state index contributed by atoms with van der Waals surface area (Å²) >= 11 is 1.98. The van der Waals surface area contributed by atoms with Crippen LogP contribution in [0.15, 0.2) is 23.5 Å². The van der Waals surface area contributed by atoms with E-state index in [1.807, 2.05) is 35.8 Å². The van der Waals surface area contributed by atoms with Crippen molar-refractivity contribution >= 4 is 41.7 Å². The van der Waals surface area contributed by atoms with E-state index in [4.69, 9.17) is 0 Å². The van der Waals surface area contributed by atoms with Crippen molar-refractivity contribution in [3.8, 4) is 0 Å². The van der Waals surface area contributed by atoms with Gasteiger partial charge in [0.15, 0.2) is 5.96 Å². The molecule has 1 fully saturated rings. The maximum absolute atomic E-state index is 4.28. The first kappa shape index (κ1) is 17.6. The summed E-state index contributed by atoms with van der Waals surface area (Å²) in [6.45, 7) is 1.69. The van der Waals surface area contributed by atoms with Crippen LogP contribution in [0.3, 0.4) is 0 Å². The Kier molecular flexibility index (Phi) is 8.35. The number of nitrogens with zero attached hydrogens (tertiary/aromatic N) is 3. The van der Waals surface area contributed by atoms with Crippen molar-refractivity contribution in [2.24, 2.45) is 4.99 Å². The van der Waals surface area contributed by atoms with Gasteiger partial charge in [0, 0.05) is 37.3 Å². The maximum Gasteiger partial charge on any atom is 0.191 e. The molecule has 2 unspecified atom stereocenters. The van der Waals surface area contributed by atoms with E-state index in [-0.39, 0.29) is 24.0 Å². The minimum atomic E-state index is 0. The van der Waals surface area contributed by atoms with E-state index < -0.39 is 0 Å². The Bertz CT molecular complexity index is 395. The molecule has 1 aromatic rings. The summed E-state index contributed by atoms with van der Waals surface area (Å²) in [6.07, 6.45) is 9.76. The highest BCUT2D eigenvalue weighted by atomic mass is 127. The molecule has 0 spiro atoms. The van der Waals surface area contributed by atoms with E-state index in [9.17, 15) is 0 Å². The van der Waals surface area contributed by atoms with Crippen LogP contribution in [-0.4, -0.2) is 46.9 Å². The van der Waals surface area contributed by atoms with E-state index in [0.717, 1.165) is 24.3 Å². The zero-order chi connectivity index (χ0) is 13.5. The molecule has 7 heteroatoms. The van der Waals surface area contributed by atoms with Gasteiger partial charge < -0.3 is 10.6 Å². The third kappa shape index (κ3) is 5.51. The summed E-state index contributed by atoms with van der Waals surface area (Å²) in [5.74, 6) is 0.902. The number of rotatable bonds is 5. The van der Waals surface area contributed by atoms with Crippen molar-refractivity contribution in [2.45, 2.75) is 37.1 Å². The van der Waals surface area contributed by atoms with E-state index in [0.29, 0.717) is 6.04 Å². The molecular formula is C13H24IN5S. The third-order valence-corrected chi connectivity index (χ3v) is 4.57. The Hall–Kier alpha value is -0.440. The van der Waals surface area contributed by atoms with Gasteiger partial charge in [-0.2, -0.15) is 16.9 Å². The van der Waals surface area contributed by atoms with E-state index in [2.05, 4.69) is 27.0 Å². The molecule has 1 aromatic heterocycles. The highest BCUT2D eigenvalue weighted by Crippen LogP contribution is 2.27. The van der Waals surface area contributed by atoms with Crippen molar-refractivity contribution in [1.82, 2.24) is 20.4 Å². The molecule has 1 aliphatic rings. The fraction of sp³-hybridized carbons (Fsp3) is 0.692. The van der Waals surface area contributed by atoms with Gasteiger partial charge in [-0.1, -0.05) is 0 Å². The number of aromatic nitrogens is 2. The average molecular weight is 409 g/mol. The smallest absolute Gasteiger partial charge is 0.191 e. The molecule has 1 saturated carbocycles. The predicted molar refractivity (Wildman–Crippen MR) is 97.1 cm³/mol. The van der Waals surface area contributed by atoms with Crippen LogP contribution in [0.25, 0.3) is 0 Å². The van der Waals surface area contributed by atoms with Crippen LogP contribution in [0.1, 0.15) is 19.3 Å². The summed E-state index contributed by atoms with van der Waals surface area (Å²) < 4.78 is 1.92. The maximum atomic E-state index is 4.28. The van der Waals surface area contributed by atoms with Crippen LogP contribution in [0.5, 0.6) is 0 Å². The number of thioether (sulfide) groups is 1. The topological polar surface area (TPSA) is 54.2 Å². The van der Waals surface area contributed by atoms with Crippen LogP contribution in [0.4, 0.5) is 0 Å². The Balaban J connectivity index is 0.00000200. The summed E-state index contributed by atoms with van der Waals surface area (Å²) in [4.78, 5) is 4.28. The Morgan fingerprint density at radius 2 is 2.35 bits per heavy atom. The lowest BCUT2D eigenvalue weighted by Gasteiger charge is -2.17. The molecule has 0 bridgehead atoms. The Morgan fingerprint density at radius 3 is 2.95 bits per heavy atom. The first-order chi connectivity index (χ1) is 9.31. The molecule has 1 heterocycles. The summed E-state index contributed by atoms with van der Waals surface area (Å²) in [7, 11) is 1.82. The van der Waals surface area contributed by atoms with Crippen LogP contribution < -0.4 is 10.6 Å². The van der Waals surface area contributed by atoms with Crippen LogP contribution in [0, 0.1) is 0 Å².